The van der Waals surface area contributed by atoms with E-state index in [9.17, 15) is 4.79 Å². The van der Waals surface area contributed by atoms with Crippen LogP contribution < -0.4 is 10.6 Å². The van der Waals surface area contributed by atoms with Gasteiger partial charge in [0.15, 0.2) is 0 Å². The number of carbonyl (C=O) groups is 1. The molecule has 0 saturated carbocycles. The average molecular weight is 434 g/mol. The fraction of sp³-hybridized carbons (Fsp3) is 0.0769. The molecule has 104 valence electrons. The van der Waals surface area contributed by atoms with Crippen molar-refractivity contribution in [2.45, 2.75) is 0 Å². The highest BCUT2D eigenvalue weighted by Crippen LogP contribution is 2.33. The van der Waals surface area contributed by atoms with Gasteiger partial charge in [0.1, 0.15) is 4.99 Å². The van der Waals surface area contributed by atoms with Crippen molar-refractivity contribution < 1.29 is 4.79 Å². The van der Waals surface area contributed by atoms with E-state index in [2.05, 4.69) is 31.9 Å². The van der Waals surface area contributed by atoms with Crippen LogP contribution in [0.4, 0.5) is 5.69 Å². The highest BCUT2D eigenvalue weighted by atomic mass is 79.9. The van der Waals surface area contributed by atoms with Gasteiger partial charge in [-0.05, 0) is 50.1 Å². The minimum atomic E-state index is -0.123. The van der Waals surface area contributed by atoms with Gasteiger partial charge in [-0.3, -0.25) is 4.79 Å². The molecule has 2 N–H and O–H groups in total. The maximum atomic E-state index is 12.6. The number of nitrogens with two attached hydrogens (primary N) is 1. The van der Waals surface area contributed by atoms with Crippen molar-refractivity contribution in [1.82, 2.24) is 0 Å². The van der Waals surface area contributed by atoms with E-state index in [4.69, 9.17) is 18.0 Å². The number of benzene rings is 1. The summed E-state index contributed by atoms with van der Waals surface area (Å²) >= 11 is 13.3. The predicted octanol–water partition coefficient (Wildman–Crippen LogP) is 4.18. The van der Waals surface area contributed by atoms with Gasteiger partial charge in [0.05, 0.1) is 18.8 Å². The molecular formula is C13H10Br2N2OS2. The van der Waals surface area contributed by atoms with Crippen molar-refractivity contribution in [3.8, 4) is 0 Å². The van der Waals surface area contributed by atoms with Crippen molar-refractivity contribution in [2.24, 2.45) is 5.73 Å². The van der Waals surface area contributed by atoms with Crippen molar-refractivity contribution in [3.05, 3.63) is 49.0 Å². The zero-order chi connectivity index (χ0) is 14.9. The van der Waals surface area contributed by atoms with Crippen LogP contribution in [-0.4, -0.2) is 17.9 Å². The Hall–Kier alpha value is -0.760. The second-order valence-corrected chi connectivity index (χ2v) is 8.17. The van der Waals surface area contributed by atoms with Crippen LogP contribution in [0.1, 0.15) is 15.9 Å². The average Bonchev–Trinajstić information content (AvgIpc) is 2.76. The molecule has 0 fully saturated rings. The first-order valence-electron chi connectivity index (χ1n) is 5.53. The van der Waals surface area contributed by atoms with E-state index in [0.717, 1.165) is 7.57 Å². The van der Waals surface area contributed by atoms with E-state index in [1.165, 1.54) is 11.3 Å². The first-order valence-corrected chi connectivity index (χ1v) is 8.34. The number of nitrogens with zero attached hydrogens (tertiary/aromatic N) is 1. The normalized spacial score (nSPS) is 10.3. The molecule has 3 nitrogen and oxygen atoms in total. The van der Waals surface area contributed by atoms with Gasteiger partial charge >= 0.3 is 0 Å². The third-order valence-electron chi connectivity index (χ3n) is 2.72. The summed E-state index contributed by atoms with van der Waals surface area (Å²) < 4.78 is 1.68. The van der Waals surface area contributed by atoms with E-state index in [1.54, 1.807) is 24.1 Å². The molecule has 0 saturated heterocycles. The fourth-order valence-corrected chi connectivity index (χ4v) is 4.70. The molecule has 2 rings (SSSR count). The molecule has 0 aliphatic heterocycles. The Kier molecular flexibility index (Phi) is 4.95. The zero-order valence-corrected chi connectivity index (χ0v) is 15.2. The number of hydrogen-bond acceptors (Lipinski definition) is 3. The van der Waals surface area contributed by atoms with E-state index in [1.807, 2.05) is 18.2 Å². The molecule has 7 heteroatoms. The van der Waals surface area contributed by atoms with Gasteiger partial charge < -0.3 is 10.6 Å². The Labute approximate surface area is 143 Å². The number of amides is 1. The largest absolute Gasteiger partial charge is 0.389 e. The number of para-hydroxylation sites is 1. The van der Waals surface area contributed by atoms with Crippen molar-refractivity contribution in [3.63, 3.8) is 0 Å². The second kappa shape index (κ2) is 6.34. The summed E-state index contributed by atoms with van der Waals surface area (Å²) in [5.41, 5.74) is 7.68. The lowest BCUT2D eigenvalue weighted by Crippen LogP contribution is -2.28. The Morgan fingerprint density at radius 1 is 1.30 bits per heavy atom. The number of carbonyl (C=O) groups excluding carboxylic acids is 1. The second-order valence-electron chi connectivity index (χ2n) is 3.98. The van der Waals surface area contributed by atoms with Crippen LogP contribution in [-0.2, 0) is 0 Å². The summed E-state index contributed by atoms with van der Waals surface area (Å²) in [6.45, 7) is 0. The highest BCUT2D eigenvalue weighted by Gasteiger charge is 2.21. The Bertz CT molecular complexity index is 685. The van der Waals surface area contributed by atoms with Crippen LogP contribution in [0, 0.1) is 0 Å². The maximum Gasteiger partial charge on any atom is 0.260 e. The molecule has 0 radical (unpaired) electrons. The minimum absolute atomic E-state index is 0.123. The number of thiocarbonyl (C=S) groups is 1. The third-order valence-corrected chi connectivity index (χ3v) is 5.28. The van der Waals surface area contributed by atoms with Gasteiger partial charge in [0, 0.05) is 12.6 Å². The Balaban J connectivity index is 2.41. The van der Waals surface area contributed by atoms with Gasteiger partial charge in [-0.25, -0.2) is 0 Å². The summed E-state index contributed by atoms with van der Waals surface area (Å²) in [7, 11) is 1.71. The van der Waals surface area contributed by atoms with E-state index < -0.39 is 0 Å². The summed E-state index contributed by atoms with van der Waals surface area (Å²) in [5.74, 6) is -0.123. The molecule has 1 heterocycles. The molecule has 0 aliphatic rings. The molecule has 1 aromatic heterocycles. The topological polar surface area (TPSA) is 46.3 Å². The SMILES string of the molecule is CN(C(=O)c1cc(Br)sc1Br)c1ccccc1C(N)=S. The van der Waals surface area contributed by atoms with E-state index in [-0.39, 0.29) is 10.9 Å². The smallest absolute Gasteiger partial charge is 0.260 e. The van der Waals surface area contributed by atoms with Gasteiger partial charge in [0.2, 0.25) is 0 Å². The molecule has 0 atom stereocenters. The molecule has 2 aromatic rings. The fourth-order valence-electron chi connectivity index (χ4n) is 1.75. The summed E-state index contributed by atoms with van der Waals surface area (Å²) in [6.07, 6.45) is 0. The summed E-state index contributed by atoms with van der Waals surface area (Å²) in [6, 6.07) is 9.10. The maximum absolute atomic E-state index is 12.6. The molecule has 0 aliphatic carbocycles. The van der Waals surface area contributed by atoms with Crippen molar-refractivity contribution in [2.75, 3.05) is 11.9 Å². The first kappa shape index (κ1) is 15.6. The van der Waals surface area contributed by atoms with Gasteiger partial charge in [-0.2, -0.15) is 0 Å². The van der Waals surface area contributed by atoms with Crippen molar-refractivity contribution >= 4 is 72.0 Å². The van der Waals surface area contributed by atoms with Crippen LogP contribution in [0.25, 0.3) is 0 Å². The molecule has 0 spiro atoms. The molecule has 0 unspecified atom stereocenters. The van der Waals surface area contributed by atoms with Crippen LogP contribution in [0.3, 0.4) is 0 Å². The van der Waals surface area contributed by atoms with Gasteiger partial charge in [0.25, 0.3) is 5.91 Å². The summed E-state index contributed by atoms with van der Waals surface area (Å²) in [5, 5.41) is 0. The van der Waals surface area contributed by atoms with E-state index in [0.29, 0.717) is 16.8 Å². The highest BCUT2D eigenvalue weighted by molar-refractivity contribution is 9.12. The third kappa shape index (κ3) is 3.11. The lowest BCUT2D eigenvalue weighted by molar-refractivity contribution is 0.0992. The molecule has 0 bridgehead atoms. The number of hydrogen-bond donors (Lipinski definition) is 1. The summed E-state index contributed by atoms with van der Waals surface area (Å²) in [4.78, 5) is 14.4. The van der Waals surface area contributed by atoms with E-state index >= 15 is 0 Å². The monoisotopic (exact) mass is 432 g/mol. The molecule has 20 heavy (non-hydrogen) atoms. The number of anilines is 1. The predicted molar refractivity (Wildman–Crippen MR) is 94.8 cm³/mol. The van der Waals surface area contributed by atoms with Crippen LogP contribution in [0.2, 0.25) is 0 Å². The lowest BCUT2D eigenvalue weighted by Gasteiger charge is -2.20. The first-order chi connectivity index (χ1) is 9.41. The molecule has 1 aromatic carbocycles. The quantitative estimate of drug-likeness (QED) is 0.738. The Morgan fingerprint density at radius 2 is 1.95 bits per heavy atom. The van der Waals surface area contributed by atoms with Crippen LogP contribution in [0.15, 0.2) is 37.9 Å². The number of halogens is 2. The lowest BCUT2D eigenvalue weighted by atomic mass is 10.1. The number of thiophene rings is 1. The van der Waals surface area contributed by atoms with Crippen LogP contribution in [0.5, 0.6) is 0 Å². The van der Waals surface area contributed by atoms with Gasteiger partial charge in [-0.1, -0.05) is 24.4 Å². The Morgan fingerprint density at radius 3 is 2.50 bits per heavy atom. The van der Waals surface area contributed by atoms with Crippen molar-refractivity contribution in [1.29, 1.82) is 0 Å². The molecule has 1 amide bonds. The van der Waals surface area contributed by atoms with Crippen LogP contribution >= 0.6 is 55.4 Å². The molecular weight excluding hydrogens is 424 g/mol. The standard InChI is InChI=1S/C13H10Br2N2OS2/c1-17(9-5-3-2-4-7(9)12(16)19)13(18)8-6-10(14)20-11(8)15/h2-6H,1H3,(H2,16,19). The minimum Gasteiger partial charge on any atom is -0.389 e. The number of rotatable bonds is 3. The zero-order valence-electron chi connectivity index (χ0n) is 10.4. The van der Waals surface area contributed by atoms with Gasteiger partial charge in [-0.15, -0.1) is 11.3 Å².